The van der Waals surface area contributed by atoms with E-state index in [1.807, 2.05) is 6.92 Å². The number of nitro groups is 1. The van der Waals surface area contributed by atoms with Crippen LogP contribution in [0.15, 0.2) is 95.9 Å². The molecule has 0 fully saturated rings. The maximum atomic E-state index is 12.6. The molecule has 204 valence electrons. The third-order valence-electron chi connectivity index (χ3n) is 5.80. The minimum Gasteiger partial charge on any atom is -0.454 e. The molecule has 0 amide bonds. The van der Waals surface area contributed by atoms with E-state index in [4.69, 9.17) is 21.1 Å². The van der Waals surface area contributed by atoms with Crippen LogP contribution in [0.4, 0.5) is 5.69 Å². The van der Waals surface area contributed by atoms with Gasteiger partial charge in [0.05, 0.1) is 26.2 Å². The van der Waals surface area contributed by atoms with E-state index in [1.54, 1.807) is 24.3 Å². The van der Waals surface area contributed by atoms with Gasteiger partial charge in [-0.2, -0.15) is 0 Å². The number of hydrogen-bond donors (Lipinski definition) is 0. The fourth-order valence-electron chi connectivity index (χ4n) is 3.65. The van der Waals surface area contributed by atoms with Gasteiger partial charge in [-0.15, -0.1) is 0 Å². The van der Waals surface area contributed by atoms with Crippen LogP contribution in [0, 0.1) is 17.0 Å². The van der Waals surface area contributed by atoms with Gasteiger partial charge in [0, 0.05) is 11.6 Å². The lowest BCUT2D eigenvalue weighted by molar-refractivity contribution is -0.385. The molecule has 0 atom stereocenters. The summed E-state index contributed by atoms with van der Waals surface area (Å²) in [4.78, 5) is 35.8. The SMILES string of the molecule is Cc1ccc(S(=O)(=O)Cc2ccc(C(=O)OCC(=O)c3ccc(Oc4c(Cl)cccc4[N+](=O)[O-])cc3)cc2)cc1. The second kappa shape index (κ2) is 12.1. The zero-order chi connectivity index (χ0) is 28.9. The van der Waals surface area contributed by atoms with Gasteiger partial charge < -0.3 is 9.47 Å². The lowest BCUT2D eigenvalue weighted by atomic mass is 10.1. The monoisotopic (exact) mass is 579 g/mol. The number of esters is 1. The number of rotatable bonds is 10. The minimum absolute atomic E-state index is 0.0576. The Balaban J connectivity index is 1.33. The van der Waals surface area contributed by atoms with Crippen LogP contribution in [0.3, 0.4) is 0 Å². The van der Waals surface area contributed by atoms with Crippen LogP contribution in [-0.2, 0) is 20.3 Å². The van der Waals surface area contributed by atoms with E-state index in [0.29, 0.717) is 5.56 Å². The van der Waals surface area contributed by atoms with Crippen molar-refractivity contribution >= 4 is 38.9 Å². The second-order valence-electron chi connectivity index (χ2n) is 8.74. The molecule has 0 radical (unpaired) electrons. The topological polar surface area (TPSA) is 130 Å². The third kappa shape index (κ3) is 6.90. The maximum absolute atomic E-state index is 12.6. The van der Waals surface area contributed by atoms with Gasteiger partial charge in [-0.1, -0.05) is 47.5 Å². The van der Waals surface area contributed by atoms with E-state index >= 15 is 0 Å². The van der Waals surface area contributed by atoms with E-state index in [1.165, 1.54) is 66.7 Å². The van der Waals surface area contributed by atoms with Crippen molar-refractivity contribution in [2.24, 2.45) is 0 Å². The van der Waals surface area contributed by atoms with Crippen molar-refractivity contribution in [2.75, 3.05) is 6.61 Å². The lowest BCUT2D eigenvalue weighted by Crippen LogP contribution is -2.14. The Labute approximate surface area is 235 Å². The van der Waals surface area contributed by atoms with E-state index in [2.05, 4.69) is 0 Å². The summed E-state index contributed by atoms with van der Waals surface area (Å²) in [5.41, 5.74) is 1.53. The van der Waals surface area contributed by atoms with Crippen molar-refractivity contribution in [3.05, 3.63) is 128 Å². The Hall–Kier alpha value is -4.54. The predicted octanol–water partition coefficient (Wildman–Crippen LogP) is 6.36. The van der Waals surface area contributed by atoms with Crippen LogP contribution >= 0.6 is 11.6 Å². The Kier molecular flexibility index (Phi) is 8.61. The summed E-state index contributed by atoms with van der Waals surface area (Å²) in [6.07, 6.45) is 0. The molecule has 0 bridgehead atoms. The Morgan fingerprint density at radius 3 is 2.12 bits per heavy atom. The largest absolute Gasteiger partial charge is 0.454 e. The van der Waals surface area contributed by atoms with Crippen molar-refractivity contribution in [3.63, 3.8) is 0 Å². The summed E-state index contributed by atoms with van der Waals surface area (Å²) >= 11 is 6.03. The molecule has 4 aromatic carbocycles. The average molecular weight is 580 g/mol. The Morgan fingerprint density at radius 2 is 1.50 bits per heavy atom. The number of nitro benzene ring substituents is 1. The van der Waals surface area contributed by atoms with Crippen LogP contribution in [0.1, 0.15) is 31.8 Å². The molecule has 0 saturated carbocycles. The maximum Gasteiger partial charge on any atom is 0.338 e. The summed E-state index contributed by atoms with van der Waals surface area (Å²) < 4.78 is 36.0. The first-order valence-electron chi connectivity index (χ1n) is 11.8. The molecule has 0 heterocycles. The predicted molar refractivity (Wildman–Crippen MR) is 148 cm³/mol. The number of benzene rings is 4. The van der Waals surface area contributed by atoms with Crippen molar-refractivity contribution in [1.29, 1.82) is 0 Å². The zero-order valence-corrected chi connectivity index (χ0v) is 22.6. The second-order valence-corrected chi connectivity index (χ2v) is 11.1. The third-order valence-corrected chi connectivity index (χ3v) is 7.80. The molecule has 9 nitrogen and oxygen atoms in total. The van der Waals surface area contributed by atoms with Crippen LogP contribution in [0.5, 0.6) is 11.5 Å². The van der Waals surface area contributed by atoms with E-state index in [9.17, 15) is 28.1 Å². The molecule has 0 aliphatic carbocycles. The molecule has 4 aromatic rings. The number of carbonyl (C=O) groups is 2. The number of ketones is 1. The fourth-order valence-corrected chi connectivity index (χ4v) is 5.21. The smallest absolute Gasteiger partial charge is 0.338 e. The van der Waals surface area contributed by atoms with Crippen molar-refractivity contribution in [1.82, 2.24) is 0 Å². The normalized spacial score (nSPS) is 11.1. The average Bonchev–Trinajstić information content (AvgIpc) is 2.93. The summed E-state index contributed by atoms with van der Waals surface area (Å²) in [6.45, 7) is 1.34. The van der Waals surface area contributed by atoms with Gasteiger partial charge in [0.2, 0.25) is 5.75 Å². The van der Waals surface area contributed by atoms with Gasteiger partial charge in [-0.05, 0) is 67.1 Å². The van der Waals surface area contributed by atoms with Crippen molar-refractivity contribution < 1.29 is 32.4 Å². The highest BCUT2D eigenvalue weighted by atomic mass is 35.5. The first kappa shape index (κ1) is 28.5. The number of sulfone groups is 1. The highest BCUT2D eigenvalue weighted by Gasteiger charge is 2.20. The highest BCUT2D eigenvalue weighted by Crippen LogP contribution is 2.37. The van der Waals surface area contributed by atoms with Crippen LogP contribution < -0.4 is 4.74 Å². The first-order chi connectivity index (χ1) is 19.0. The molecular weight excluding hydrogens is 558 g/mol. The van der Waals surface area contributed by atoms with Gasteiger partial charge in [0.25, 0.3) is 0 Å². The van der Waals surface area contributed by atoms with E-state index in [0.717, 1.165) is 5.56 Å². The van der Waals surface area contributed by atoms with E-state index in [-0.39, 0.29) is 44.0 Å². The van der Waals surface area contributed by atoms with Crippen LogP contribution in [0.2, 0.25) is 5.02 Å². The Morgan fingerprint density at radius 1 is 0.875 bits per heavy atom. The van der Waals surface area contributed by atoms with Crippen molar-refractivity contribution in [3.8, 4) is 11.5 Å². The number of halogens is 1. The van der Waals surface area contributed by atoms with Gasteiger partial charge in [0.15, 0.2) is 22.2 Å². The molecule has 0 unspecified atom stereocenters. The quantitative estimate of drug-likeness (QED) is 0.0917. The number of Topliss-reactive ketones (excluding diaryl/α,β-unsaturated/α-hetero) is 1. The molecule has 0 N–H and O–H groups in total. The van der Waals surface area contributed by atoms with E-state index < -0.39 is 33.1 Å². The summed E-state index contributed by atoms with van der Waals surface area (Å²) in [6, 6.07) is 22.4. The minimum atomic E-state index is -3.55. The summed E-state index contributed by atoms with van der Waals surface area (Å²) in [7, 11) is -3.55. The van der Waals surface area contributed by atoms with Gasteiger partial charge in [-0.25, -0.2) is 13.2 Å². The Bertz CT molecular complexity index is 1670. The molecule has 11 heteroatoms. The number of para-hydroxylation sites is 1. The molecule has 0 spiro atoms. The number of aryl methyl sites for hydroxylation is 1. The molecule has 0 aromatic heterocycles. The lowest BCUT2D eigenvalue weighted by Gasteiger charge is -2.09. The molecule has 0 aliphatic rings. The molecular formula is C29H22ClNO8S. The molecule has 0 saturated heterocycles. The van der Waals surface area contributed by atoms with Gasteiger partial charge in [0.1, 0.15) is 5.75 Å². The first-order valence-corrected chi connectivity index (χ1v) is 13.9. The summed E-state index contributed by atoms with van der Waals surface area (Å²) in [5.74, 6) is -1.36. The van der Waals surface area contributed by atoms with Crippen molar-refractivity contribution in [2.45, 2.75) is 17.6 Å². The number of hydrogen-bond acceptors (Lipinski definition) is 8. The molecule has 4 rings (SSSR count). The highest BCUT2D eigenvalue weighted by molar-refractivity contribution is 7.90. The number of ether oxygens (including phenoxy) is 2. The van der Waals surface area contributed by atoms with Crippen LogP contribution in [0.25, 0.3) is 0 Å². The van der Waals surface area contributed by atoms with Gasteiger partial charge in [-0.3, -0.25) is 14.9 Å². The molecule has 40 heavy (non-hydrogen) atoms. The zero-order valence-electron chi connectivity index (χ0n) is 21.1. The fraction of sp³-hybridized carbons (Fsp3) is 0.103. The molecule has 0 aliphatic heterocycles. The van der Waals surface area contributed by atoms with Gasteiger partial charge >= 0.3 is 11.7 Å². The number of carbonyl (C=O) groups excluding carboxylic acids is 2. The summed E-state index contributed by atoms with van der Waals surface area (Å²) in [5, 5.41) is 11.3. The standard InChI is InChI=1S/C29H22ClNO8S/c1-19-5-15-24(16-6-19)40(36,37)18-20-7-9-22(10-8-20)29(33)38-17-27(32)21-11-13-23(14-12-21)39-28-25(30)3-2-4-26(28)31(34)35/h2-16H,17-18H2,1H3. The number of nitrogens with zero attached hydrogens (tertiary/aromatic N) is 1. The van der Waals surface area contributed by atoms with Crippen LogP contribution in [-0.4, -0.2) is 31.7 Å².